The zero-order chi connectivity index (χ0) is 13.8. The summed E-state index contributed by atoms with van der Waals surface area (Å²) in [5.41, 5.74) is 1.71. The van der Waals surface area contributed by atoms with E-state index in [1.165, 1.54) is 11.3 Å². The molecule has 2 rings (SSSR count). The van der Waals surface area contributed by atoms with Gasteiger partial charge in [0.15, 0.2) is 4.34 Å². The van der Waals surface area contributed by atoms with E-state index in [9.17, 15) is 4.21 Å². The number of nitrogens with zero attached hydrogens (tertiary/aromatic N) is 2. The molecule has 2 aromatic heterocycles. The maximum atomic E-state index is 12.2. The number of aryl methyl sites for hydroxylation is 2. The van der Waals surface area contributed by atoms with Crippen molar-refractivity contribution < 1.29 is 8.95 Å². The summed E-state index contributed by atoms with van der Waals surface area (Å²) in [6.07, 6.45) is 0. The van der Waals surface area contributed by atoms with Crippen LogP contribution < -0.4 is 4.74 Å². The van der Waals surface area contributed by atoms with Crippen LogP contribution in [0.1, 0.15) is 23.2 Å². The highest BCUT2D eigenvalue weighted by atomic mass is 32.2. The summed E-state index contributed by atoms with van der Waals surface area (Å²) >= 11 is 1.49. The minimum absolute atomic E-state index is 0.368. The fourth-order valence-electron chi connectivity index (χ4n) is 1.50. The van der Waals surface area contributed by atoms with Gasteiger partial charge in [0.25, 0.3) is 0 Å². The third-order valence-corrected chi connectivity index (χ3v) is 5.27. The summed E-state index contributed by atoms with van der Waals surface area (Å²) in [5.74, 6) is 0.941. The molecule has 0 aliphatic carbocycles. The molecule has 0 unspecified atom stereocenters. The van der Waals surface area contributed by atoms with Crippen molar-refractivity contribution in [3.8, 4) is 5.88 Å². The van der Waals surface area contributed by atoms with Crippen LogP contribution in [0.5, 0.6) is 5.88 Å². The van der Waals surface area contributed by atoms with E-state index in [-0.39, 0.29) is 0 Å². The molecule has 0 spiro atoms. The molecular formula is C13H16N2O2S2. The molecule has 0 aliphatic rings. The Balaban J connectivity index is 2.12. The Hall–Kier alpha value is -1.27. The van der Waals surface area contributed by atoms with E-state index < -0.39 is 10.8 Å². The quantitative estimate of drug-likeness (QED) is 0.851. The van der Waals surface area contributed by atoms with Crippen LogP contribution in [0.2, 0.25) is 0 Å². The molecule has 0 aliphatic heterocycles. The van der Waals surface area contributed by atoms with E-state index in [2.05, 4.69) is 9.97 Å². The van der Waals surface area contributed by atoms with E-state index >= 15 is 0 Å². The van der Waals surface area contributed by atoms with Crippen molar-refractivity contribution in [1.82, 2.24) is 9.97 Å². The van der Waals surface area contributed by atoms with Gasteiger partial charge in [0.1, 0.15) is 0 Å². The predicted molar refractivity (Wildman–Crippen MR) is 77.1 cm³/mol. The van der Waals surface area contributed by atoms with Gasteiger partial charge >= 0.3 is 0 Å². The molecule has 19 heavy (non-hydrogen) atoms. The van der Waals surface area contributed by atoms with Gasteiger partial charge in [0.05, 0.1) is 34.5 Å². The summed E-state index contributed by atoms with van der Waals surface area (Å²) in [6, 6.07) is 5.52. The number of hydrogen-bond acceptors (Lipinski definition) is 5. The lowest BCUT2D eigenvalue weighted by Crippen LogP contribution is -2.01. The van der Waals surface area contributed by atoms with Crippen LogP contribution in [0.15, 0.2) is 22.5 Å². The first-order chi connectivity index (χ1) is 9.10. The summed E-state index contributed by atoms with van der Waals surface area (Å²) in [5, 5.41) is 0. The first-order valence-electron chi connectivity index (χ1n) is 6.01. The lowest BCUT2D eigenvalue weighted by molar-refractivity contribution is 0.326. The molecule has 2 heterocycles. The van der Waals surface area contributed by atoms with Crippen LogP contribution in [-0.2, 0) is 16.6 Å². The molecule has 0 amide bonds. The zero-order valence-corrected chi connectivity index (χ0v) is 12.8. The number of thiazole rings is 1. The van der Waals surface area contributed by atoms with E-state index in [0.717, 1.165) is 16.3 Å². The van der Waals surface area contributed by atoms with Crippen LogP contribution in [0.3, 0.4) is 0 Å². The molecule has 2 aromatic rings. The van der Waals surface area contributed by atoms with Gasteiger partial charge in [-0.3, -0.25) is 4.21 Å². The lowest BCUT2D eigenvalue weighted by atomic mass is 10.4. The smallest absolute Gasteiger partial charge is 0.213 e. The first kappa shape index (κ1) is 14.1. The van der Waals surface area contributed by atoms with Gasteiger partial charge in [-0.1, -0.05) is 6.07 Å². The normalized spacial score (nSPS) is 12.4. The van der Waals surface area contributed by atoms with Gasteiger partial charge in [0, 0.05) is 10.9 Å². The number of ether oxygens (including phenoxy) is 1. The number of pyridine rings is 1. The molecule has 0 saturated heterocycles. The maximum absolute atomic E-state index is 12.2. The van der Waals surface area contributed by atoms with Crippen LogP contribution in [0.4, 0.5) is 0 Å². The molecule has 102 valence electrons. The van der Waals surface area contributed by atoms with E-state index in [0.29, 0.717) is 22.6 Å². The summed E-state index contributed by atoms with van der Waals surface area (Å²) < 4.78 is 18.2. The summed E-state index contributed by atoms with van der Waals surface area (Å²) in [7, 11) is -1.15. The maximum Gasteiger partial charge on any atom is 0.213 e. The molecule has 0 N–H and O–H groups in total. The average Bonchev–Trinajstić information content (AvgIpc) is 2.71. The molecule has 0 aromatic carbocycles. The van der Waals surface area contributed by atoms with Crippen molar-refractivity contribution in [2.75, 3.05) is 6.61 Å². The van der Waals surface area contributed by atoms with Gasteiger partial charge in [-0.25, -0.2) is 9.97 Å². The van der Waals surface area contributed by atoms with Crippen LogP contribution >= 0.6 is 11.3 Å². The highest BCUT2D eigenvalue weighted by molar-refractivity contribution is 7.86. The fraction of sp³-hybridized carbons (Fsp3) is 0.385. The minimum atomic E-state index is -1.15. The third-order valence-electron chi connectivity index (χ3n) is 2.56. The standard InChI is InChI=1S/C13H16N2O2S2/c1-4-17-12-7-5-6-11(15-12)8-19(16)13-14-9(2)10(3)18-13/h5-7H,4,8H2,1-3H3/t19-/m0/s1. The molecule has 0 radical (unpaired) electrons. The minimum Gasteiger partial charge on any atom is -0.478 e. The first-order valence-corrected chi connectivity index (χ1v) is 8.15. The lowest BCUT2D eigenvalue weighted by Gasteiger charge is -2.04. The van der Waals surface area contributed by atoms with Crippen molar-refractivity contribution in [2.24, 2.45) is 0 Å². The second kappa shape index (κ2) is 6.25. The largest absolute Gasteiger partial charge is 0.478 e. The Morgan fingerprint density at radius 2 is 2.11 bits per heavy atom. The second-order valence-electron chi connectivity index (χ2n) is 4.01. The SMILES string of the molecule is CCOc1cccc(C[S@](=O)c2nc(C)c(C)s2)n1. The van der Waals surface area contributed by atoms with Gasteiger partial charge in [0.2, 0.25) is 5.88 Å². The molecular weight excluding hydrogens is 280 g/mol. The number of hydrogen-bond donors (Lipinski definition) is 0. The molecule has 0 saturated carbocycles. The van der Waals surface area contributed by atoms with Crippen LogP contribution in [-0.4, -0.2) is 20.8 Å². The monoisotopic (exact) mass is 296 g/mol. The van der Waals surface area contributed by atoms with E-state index in [1.54, 1.807) is 6.07 Å². The molecule has 6 heteroatoms. The molecule has 0 bridgehead atoms. The fourth-order valence-corrected chi connectivity index (χ4v) is 3.86. The van der Waals surface area contributed by atoms with Crippen LogP contribution in [0.25, 0.3) is 0 Å². The van der Waals surface area contributed by atoms with Gasteiger partial charge in [-0.05, 0) is 26.8 Å². The molecule has 0 fully saturated rings. The highest BCUT2D eigenvalue weighted by Gasteiger charge is 2.12. The zero-order valence-electron chi connectivity index (χ0n) is 11.2. The number of rotatable bonds is 5. The topological polar surface area (TPSA) is 52.1 Å². The van der Waals surface area contributed by atoms with Crippen molar-refractivity contribution in [2.45, 2.75) is 30.9 Å². The summed E-state index contributed by atoms with van der Waals surface area (Å²) in [6.45, 7) is 6.40. The Morgan fingerprint density at radius 3 is 2.74 bits per heavy atom. The molecule has 4 nitrogen and oxygen atoms in total. The third kappa shape index (κ3) is 3.61. The van der Waals surface area contributed by atoms with Crippen molar-refractivity contribution in [1.29, 1.82) is 0 Å². The molecule has 1 atom stereocenters. The Morgan fingerprint density at radius 1 is 1.32 bits per heavy atom. The second-order valence-corrected chi connectivity index (χ2v) is 6.84. The van der Waals surface area contributed by atoms with E-state index in [1.807, 2.05) is 32.9 Å². The van der Waals surface area contributed by atoms with Gasteiger partial charge < -0.3 is 4.74 Å². The highest BCUT2D eigenvalue weighted by Crippen LogP contribution is 2.21. The van der Waals surface area contributed by atoms with Crippen molar-refractivity contribution in [3.05, 3.63) is 34.5 Å². The number of aromatic nitrogens is 2. The van der Waals surface area contributed by atoms with Gasteiger partial charge in [-0.15, -0.1) is 11.3 Å². The Bertz CT molecular complexity index is 577. The van der Waals surface area contributed by atoms with Crippen molar-refractivity contribution >= 4 is 22.1 Å². The van der Waals surface area contributed by atoms with Gasteiger partial charge in [-0.2, -0.15) is 0 Å². The predicted octanol–water partition coefficient (Wildman–Crippen LogP) is 2.86. The van der Waals surface area contributed by atoms with Crippen LogP contribution in [0, 0.1) is 13.8 Å². The Kier molecular flexibility index (Phi) is 4.66. The van der Waals surface area contributed by atoms with Crippen molar-refractivity contribution in [3.63, 3.8) is 0 Å². The van der Waals surface area contributed by atoms with E-state index in [4.69, 9.17) is 4.74 Å². The Labute approximate surface area is 119 Å². The summed E-state index contributed by atoms with van der Waals surface area (Å²) in [4.78, 5) is 9.75. The average molecular weight is 296 g/mol.